The van der Waals surface area contributed by atoms with Gasteiger partial charge in [-0.05, 0) is 38.0 Å². The molecule has 1 unspecified atom stereocenters. The minimum atomic E-state index is -0.107. The van der Waals surface area contributed by atoms with E-state index in [1.807, 2.05) is 18.2 Å². The van der Waals surface area contributed by atoms with E-state index in [2.05, 4.69) is 11.8 Å². The second-order valence-electron chi connectivity index (χ2n) is 4.78. The zero-order valence-corrected chi connectivity index (χ0v) is 10.9. The van der Waals surface area contributed by atoms with Crippen LogP contribution in [0.3, 0.4) is 0 Å². The van der Waals surface area contributed by atoms with Crippen LogP contribution < -0.4 is 10.6 Å². The molecule has 88 valence electrons. The van der Waals surface area contributed by atoms with E-state index in [1.165, 1.54) is 0 Å². The fraction of sp³-hybridized carbons (Fsp3) is 0.500. The highest BCUT2D eigenvalue weighted by molar-refractivity contribution is 6.42. The van der Waals surface area contributed by atoms with E-state index < -0.39 is 0 Å². The summed E-state index contributed by atoms with van der Waals surface area (Å²) < 4.78 is 0. The van der Waals surface area contributed by atoms with E-state index in [-0.39, 0.29) is 5.54 Å². The lowest BCUT2D eigenvalue weighted by molar-refractivity contribution is 0.375. The van der Waals surface area contributed by atoms with Crippen LogP contribution in [0.2, 0.25) is 10.0 Å². The lowest BCUT2D eigenvalue weighted by atomic mass is 9.92. The average Bonchev–Trinajstić information content (AvgIpc) is 2.20. The Bertz CT molecular complexity index is 391. The smallest absolute Gasteiger partial charge is 0.0612 e. The van der Waals surface area contributed by atoms with Crippen molar-refractivity contribution in [2.45, 2.75) is 25.3 Å². The van der Waals surface area contributed by atoms with Crippen molar-refractivity contribution < 1.29 is 0 Å². The van der Waals surface area contributed by atoms with Crippen LogP contribution in [-0.4, -0.2) is 18.6 Å². The molecule has 0 saturated carbocycles. The topological polar surface area (TPSA) is 29.3 Å². The van der Waals surface area contributed by atoms with E-state index in [0.29, 0.717) is 10.0 Å². The Morgan fingerprint density at radius 1 is 1.31 bits per heavy atom. The summed E-state index contributed by atoms with van der Waals surface area (Å²) in [6.45, 7) is 3.99. The molecule has 0 spiro atoms. The molecule has 1 aliphatic rings. The Morgan fingerprint density at radius 2 is 2.06 bits per heavy atom. The molecule has 1 fully saturated rings. The SMILES string of the molecule is CC1(N)CCCN(c2ccc(Cl)c(Cl)c2)C1. The molecule has 2 N–H and O–H groups in total. The minimum Gasteiger partial charge on any atom is -0.370 e. The third kappa shape index (κ3) is 2.62. The van der Waals surface area contributed by atoms with Gasteiger partial charge in [0.15, 0.2) is 0 Å². The summed E-state index contributed by atoms with van der Waals surface area (Å²) in [5, 5.41) is 1.20. The van der Waals surface area contributed by atoms with E-state index in [1.54, 1.807) is 0 Å². The fourth-order valence-electron chi connectivity index (χ4n) is 2.17. The number of nitrogens with two attached hydrogens (primary N) is 1. The molecule has 1 atom stereocenters. The first-order valence-electron chi connectivity index (χ1n) is 5.47. The van der Waals surface area contributed by atoms with Crippen LogP contribution >= 0.6 is 23.2 Å². The highest BCUT2D eigenvalue weighted by atomic mass is 35.5. The largest absolute Gasteiger partial charge is 0.370 e. The van der Waals surface area contributed by atoms with Gasteiger partial charge in [-0.25, -0.2) is 0 Å². The van der Waals surface area contributed by atoms with Gasteiger partial charge in [0.2, 0.25) is 0 Å². The highest BCUT2D eigenvalue weighted by Gasteiger charge is 2.27. The van der Waals surface area contributed by atoms with E-state index in [9.17, 15) is 0 Å². The van der Waals surface area contributed by atoms with Gasteiger partial charge in [0, 0.05) is 24.3 Å². The number of anilines is 1. The first-order valence-corrected chi connectivity index (χ1v) is 6.22. The maximum Gasteiger partial charge on any atom is 0.0612 e. The molecular weight excluding hydrogens is 243 g/mol. The van der Waals surface area contributed by atoms with Crippen molar-refractivity contribution in [3.05, 3.63) is 28.2 Å². The molecule has 1 aliphatic heterocycles. The van der Waals surface area contributed by atoms with Crippen molar-refractivity contribution in [1.82, 2.24) is 0 Å². The number of piperidine rings is 1. The van der Waals surface area contributed by atoms with E-state index in [0.717, 1.165) is 31.6 Å². The van der Waals surface area contributed by atoms with Gasteiger partial charge in [0.1, 0.15) is 0 Å². The normalized spacial score (nSPS) is 25.9. The molecule has 0 bridgehead atoms. The third-order valence-electron chi connectivity index (χ3n) is 3.00. The van der Waals surface area contributed by atoms with Crippen molar-refractivity contribution in [1.29, 1.82) is 0 Å². The van der Waals surface area contributed by atoms with Crippen molar-refractivity contribution in [2.24, 2.45) is 5.73 Å². The number of rotatable bonds is 1. The van der Waals surface area contributed by atoms with Gasteiger partial charge in [-0.2, -0.15) is 0 Å². The molecule has 0 aliphatic carbocycles. The minimum absolute atomic E-state index is 0.107. The molecule has 0 radical (unpaired) electrons. The Hall–Kier alpha value is -0.440. The van der Waals surface area contributed by atoms with Crippen molar-refractivity contribution >= 4 is 28.9 Å². The fourth-order valence-corrected chi connectivity index (χ4v) is 2.46. The van der Waals surface area contributed by atoms with Gasteiger partial charge < -0.3 is 10.6 Å². The molecule has 1 heterocycles. The molecule has 4 heteroatoms. The molecule has 2 rings (SSSR count). The van der Waals surface area contributed by atoms with Crippen LogP contribution in [0.25, 0.3) is 0 Å². The zero-order valence-electron chi connectivity index (χ0n) is 9.34. The first-order chi connectivity index (χ1) is 7.48. The second kappa shape index (κ2) is 4.44. The number of hydrogen-bond acceptors (Lipinski definition) is 2. The first kappa shape index (κ1) is 12.0. The number of hydrogen-bond donors (Lipinski definition) is 1. The Balaban J connectivity index is 2.20. The predicted octanol–water partition coefficient (Wildman–Crippen LogP) is 3.31. The Labute approximate surface area is 106 Å². The summed E-state index contributed by atoms with van der Waals surface area (Å²) in [6, 6.07) is 5.74. The summed E-state index contributed by atoms with van der Waals surface area (Å²) in [7, 11) is 0. The standard InChI is InChI=1S/C12H16Cl2N2/c1-12(15)5-2-6-16(8-12)9-3-4-10(13)11(14)7-9/h3-4,7H,2,5-6,8,15H2,1H3. The molecule has 16 heavy (non-hydrogen) atoms. The third-order valence-corrected chi connectivity index (χ3v) is 3.74. The van der Waals surface area contributed by atoms with Crippen LogP contribution in [-0.2, 0) is 0 Å². The van der Waals surface area contributed by atoms with Gasteiger partial charge in [-0.3, -0.25) is 0 Å². The van der Waals surface area contributed by atoms with Crippen molar-refractivity contribution in [3.8, 4) is 0 Å². The van der Waals surface area contributed by atoms with Crippen LogP contribution in [0.4, 0.5) is 5.69 Å². The van der Waals surface area contributed by atoms with Gasteiger partial charge >= 0.3 is 0 Å². The highest BCUT2D eigenvalue weighted by Crippen LogP contribution is 2.30. The van der Waals surface area contributed by atoms with Crippen LogP contribution in [0, 0.1) is 0 Å². The predicted molar refractivity (Wildman–Crippen MR) is 70.5 cm³/mol. The molecule has 1 saturated heterocycles. The Kier molecular flexibility index (Phi) is 3.34. The van der Waals surface area contributed by atoms with Crippen LogP contribution in [0.15, 0.2) is 18.2 Å². The van der Waals surface area contributed by atoms with Gasteiger partial charge in [-0.15, -0.1) is 0 Å². The molecule has 0 aromatic heterocycles. The molecular formula is C12H16Cl2N2. The van der Waals surface area contributed by atoms with E-state index >= 15 is 0 Å². The van der Waals surface area contributed by atoms with Crippen molar-refractivity contribution in [2.75, 3.05) is 18.0 Å². The maximum absolute atomic E-state index is 6.17. The van der Waals surface area contributed by atoms with Gasteiger partial charge in [0.05, 0.1) is 10.0 Å². The zero-order chi connectivity index (χ0) is 11.8. The molecule has 0 amide bonds. The number of benzene rings is 1. The Morgan fingerprint density at radius 3 is 2.69 bits per heavy atom. The maximum atomic E-state index is 6.17. The lowest BCUT2D eigenvalue weighted by Gasteiger charge is -2.39. The molecule has 2 nitrogen and oxygen atoms in total. The van der Waals surface area contributed by atoms with Crippen LogP contribution in [0.1, 0.15) is 19.8 Å². The summed E-state index contributed by atoms with van der Waals surface area (Å²) in [5.74, 6) is 0. The second-order valence-corrected chi connectivity index (χ2v) is 5.59. The van der Waals surface area contributed by atoms with Gasteiger partial charge in [0.25, 0.3) is 0 Å². The summed E-state index contributed by atoms with van der Waals surface area (Å²) in [4.78, 5) is 2.27. The van der Waals surface area contributed by atoms with Gasteiger partial charge in [-0.1, -0.05) is 23.2 Å². The number of halogens is 2. The lowest BCUT2D eigenvalue weighted by Crippen LogP contribution is -2.52. The molecule has 1 aromatic rings. The quantitative estimate of drug-likeness (QED) is 0.838. The van der Waals surface area contributed by atoms with Crippen molar-refractivity contribution in [3.63, 3.8) is 0 Å². The summed E-state index contributed by atoms with van der Waals surface area (Å²) >= 11 is 11.9. The monoisotopic (exact) mass is 258 g/mol. The summed E-state index contributed by atoms with van der Waals surface area (Å²) in [5.41, 5.74) is 7.17. The van der Waals surface area contributed by atoms with E-state index in [4.69, 9.17) is 28.9 Å². The number of nitrogens with zero attached hydrogens (tertiary/aromatic N) is 1. The summed E-state index contributed by atoms with van der Waals surface area (Å²) in [6.07, 6.45) is 2.19. The average molecular weight is 259 g/mol. The molecule has 1 aromatic carbocycles. The van der Waals surface area contributed by atoms with Crippen LogP contribution in [0.5, 0.6) is 0 Å².